The van der Waals surface area contributed by atoms with Gasteiger partial charge in [-0.25, -0.2) is 4.98 Å². The van der Waals surface area contributed by atoms with Crippen LogP contribution in [0.4, 0.5) is 0 Å². The first-order chi connectivity index (χ1) is 11.7. The van der Waals surface area contributed by atoms with Crippen molar-refractivity contribution in [3.05, 3.63) is 60.1 Å². The number of hydrogen-bond donors (Lipinski definition) is 2. The highest BCUT2D eigenvalue weighted by Crippen LogP contribution is 2.26. The van der Waals surface area contributed by atoms with E-state index in [9.17, 15) is 10.4 Å². The van der Waals surface area contributed by atoms with Gasteiger partial charge in [-0.05, 0) is 24.3 Å². The quantitative estimate of drug-likeness (QED) is 0.555. The molecule has 6 nitrogen and oxygen atoms in total. The number of allylic oxidation sites excluding steroid dienone is 1. The number of aliphatic hydroxyl groups is 1. The van der Waals surface area contributed by atoms with Gasteiger partial charge in [0.2, 0.25) is 0 Å². The normalized spacial score (nSPS) is 11.7. The van der Waals surface area contributed by atoms with Crippen molar-refractivity contribution in [1.82, 2.24) is 9.97 Å². The standard InChI is InChI=1S/C18H15N3O3/c1-23-16-8-4-5-9-17(16)24-11-15(22)12(10-19)18-20-13-6-2-3-7-14(13)21-18/h2-9,22H,11H2,1H3,(H,20,21). The highest BCUT2D eigenvalue weighted by atomic mass is 16.5. The Kier molecular flexibility index (Phi) is 4.34. The molecule has 0 spiro atoms. The predicted octanol–water partition coefficient (Wildman–Crippen LogP) is 3.44. The molecule has 0 fully saturated rings. The second-order valence-corrected chi connectivity index (χ2v) is 4.98. The van der Waals surface area contributed by atoms with Crippen molar-refractivity contribution >= 4 is 16.6 Å². The van der Waals surface area contributed by atoms with Crippen LogP contribution in [0.5, 0.6) is 11.5 Å². The third-order valence-electron chi connectivity index (χ3n) is 3.46. The van der Waals surface area contributed by atoms with E-state index in [4.69, 9.17) is 9.47 Å². The molecule has 0 radical (unpaired) electrons. The Hall–Kier alpha value is -3.46. The van der Waals surface area contributed by atoms with Crippen LogP contribution in [0.15, 0.2) is 54.3 Å². The van der Waals surface area contributed by atoms with Crippen LogP contribution < -0.4 is 9.47 Å². The minimum atomic E-state index is -0.206. The molecule has 0 atom stereocenters. The lowest BCUT2D eigenvalue weighted by molar-refractivity contribution is 0.261. The molecule has 0 unspecified atom stereocenters. The zero-order valence-electron chi connectivity index (χ0n) is 13.0. The SMILES string of the molecule is COc1ccccc1OCC(O)=C(C#N)c1nc2ccccc2[nH]1. The molecule has 2 aromatic carbocycles. The summed E-state index contributed by atoms with van der Waals surface area (Å²) in [6.45, 7) is -0.166. The van der Waals surface area contributed by atoms with Gasteiger partial charge >= 0.3 is 0 Å². The van der Waals surface area contributed by atoms with E-state index in [2.05, 4.69) is 9.97 Å². The molecule has 120 valence electrons. The van der Waals surface area contributed by atoms with E-state index in [1.54, 1.807) is 18.2 Å². The lowest BCUT2D eigenvalue weighted by atomic mass is 10.2. The van der Waals surface area contributed by atoms with Crippen LogP contribution in [-0.4, -0.2) is 28.8 Å². The Morgan fingerprint density at radius 3 is 2.58 bits per heavy atom. The Morgan fingerprint density at radius 1 is 1.17 bits per heavy atom. The summed E-state index contributed by atoms with van der Waals surface area (Å²) < 4.78 is 10.7. The first-order valence-electron chi connectivity index (χ1n) is 7.26. The van der Waals surface area contributed by atoms with E-state index in [0.717, 1.165) is 11.0 Å². The van der Waals surface area contributed by atoms with Crippen molar-refractivity contribution < 1.29 is 14.6 Å². The third-order valence-corrected chi connectivity index (χ3v) is 3.46. The minimum absolute atomic E-state index is 0.0427. The second-order valence-electron chi connectivity index (χ2n) is 4.98. The van der Waals surface area contributed by atoms with E-state index < -0.39 is 0 Å². The number of para-hydroxylation sites is 4. The summed E-state index contributed by atoms with van der Waals surface area (Å²) in [4.78, 5) is 7.33. The molecule has 3 aromatic rings. The van der Waals surface area contributed by atoms with Crippen LogP contribution in [0.25, 0.3) is 16.6 Å². The molecule has 1 heterocycles. The van der Waals surface area contributed by atoms with Crippen molar-refractivity contribution in [1.29, 1.82) is 5.26 Å². The summed E-state index contributed by atoms with van der Waals surface area (Å²) >= 11 is 0. The van der Waals surface area contributed by atoms with E-state index in [-0.39, 0.29) is 17.9 Å². The maximum atomic E-state index is 10.2. The summed E-state index contributed by atoms with van der Waals surface area (Å²) in [5.74, 6) is 1.13. The van der Waals surface area contributed by atoms with Gasteiger partial charge in [0.05, 0.1) is 18.1 Å². The zero-order valence-corrected chi connectivity index (χ0v) is 13.0. The molecule has 0 saturated carbocycles. The molecule has 1 aromatic heterocycles. The van der Waals surface area contributed by atoms with Gasteiger partial charge in [0, 0.05) is 0 Å². The molecule has 3 rings (SSSR count). The average Bonchev–Trinajstić information content (AvgIpc) is 3.04. The van der Waals surface area contributed by atoms with Crippen LogP contribution in [0, 0.1) is 11.3 Å². The monoisotopic (exact) mass is 321 g/mol. The van der Waals surface area contributed by atoms with Crippen LogP contribution in [0.1, 0.15) is 5.82 Å². The number of rotatable bonds is 5. The molecule has 0 aliphatic rings. The summed E-state index contributed by atoms with van der Waals surface area (Å²) in [7, 11) is 1.53. The van der Waals surface area contributed by atoms with Gasteiger partial charge in [-0.15, -0.1) is 0 Å². The predicted molar refractivity (Wildman–Crippen MR) is 89.7 cm³/mol. The molecule has 0 amide bonds. The first kappa shape index (κ1) is 15.4. The van der Waals surface area contributed by atoms with Gasteiger partial charge in [0.1, 0.15) is 18.2 Å². The van der Waals surface area contributed by atoms with E-state index in [1.807, 2.05) is 36.4 Å². The molecule has 0 aliphatic heterocycles. The number of nitriles is 1. The number of aromatic amines is 1. The van der Waals surface area contributed by atoms with Gasteiger partial charge in [0.25, 0.3) is 0 Å². The second kappa shape index (κ2) is 6.75. The number of nitrogens with zero attached hydrogens (tertiary/aromatic N) is 2. The largest absolute Gasteiger partial charge is 0.507 e. The number of H-pyrrole nitrogens is 1. The average molecular weight is 321 g/mol. The number of imidazole rings is 1. The minimum Gasteiger partial charge on any atom is -0.507 e. The number of hydrogen-bond acceptors (Lipinski definition) is 5. The fraction of sp³-hybridized carbons (Fsp3) is 0.111. The van der Waals surface area contributed by atoms with Crippen LogP contribution in [0.2, 0.25) is 0 Å². The fourth-order valence-electron chi connectivity index (χ4n) is 2.28. The number of benzene rings is 2. The maximum Gasteiger partial charge on any atom is 0.161 e. The lowest BCUT2D eigenvalue weighted by Gasteiger charge is -2.10. The molecular weight excluding hydrogens is 306 g/mol. The lowest BCUT2D eigenvalue weighted by Crippen LogP contribution is -2.05. The summed E-state index contributed by atoms with van der Waals surface area (Å²) in [5.41, 5.74) is 1.55. The van der Waals surface area contributed by atoms with Gasteiger partial charge in [-0.1, -0.05) is 24.3 Å². The maximum absolute atomic E-state index is 10.2. The third kappa shape index (κ3) is 3.01. The zero-order chi connectivity index (χ0) is 16.9. The molecule has 6 heteroatoms. The smallest absolute Gasteiger partial charge is 0.161 e. The number of nitrogens with one attached hydrogen (secondary N) is 1. The van der Waals surface area contributed by atoms with Crippen molar-refractivity contribution in [3.63, 3.8) is 0 Å². The van der Waals surface area contributed by atoms with Crippen LogP contribution in [0.3, 0.4) is 0 Å². The Labute approximate surface area is 138 Å². The summed E-state index contributed by atoms with van der Waals surface area (Å²) in [5, 5.41) is 19.6. The van der Waals surface area contributed by atoms with Gasteiger partial charge in [0.15, 0.2) is 23.1 Å². The van der Waals surface area contributed by atoms with Gasteiger partial charge in [-0.3, -0.25) is 0 Å². The van der Waals surface area contributed by atoms with Crippen LogP contribution in [-0.2, 0) is 0 Å². The fourth-order valence-corrected chi connectivity index (χ4v) is 2.28. The number of fused-ring (bicyclic) bond motifs is 1. The Balaban J connectivity index is 1.86. The number of aliphatic hydroxyl groups excluding tert-OH is 1. The molecular formula is C18H15N3O3. The van der Waals surface area contributed by atoms with Gasteiger partial charge in [-0.2, -0.15) is 5.26 Å². The van der Waals surface area contributed by atoms with Gasteiger partial charge < -0.3 is 19.6 Å². The van der Waals surface area contributed by atoms with E-state index in [0.29, 0.717) is 17.3 Å². The topological polar surface area (TPSA) is 91.2 Å². The number of ether oxygens (including phenoxy) is 2. The Bertz CT molecular complexity index is 905. The number of methoxy groups -OCH3 is 1. The van der Waals surface area contributed by atoms with Crippen molar-refractivity contribution in [2.75, 3.05) is 13.7 Å². The molecule has 2 N–H and O–H groups in total. The van der Waals surface area contributed by atoms with Crippen LogP contribution >= 0.6 is 0 Å². The van der Waals surface area contributed by atoms with Crippen molar-refractivity contribution in [2.45, 2.75) is 0 Å². The van der Waals surface area contributed by atoms with Crippen molar-refractivity contribution in [3.8, 4) is 17.6 Å². The van der Waals surface area contributed by atoms with E-state index >= 15 is 0 Å². The number of aromatic nitrogens is 2. The molecule has 0 aliphatic carbocycles. The molecule has 24 heavy (non-hydrogen) atoms. The molecule has 0 saturated heterocycles. The summed E-state index contributed by atoms with van der Waals surface area (Å²) in [6.07, 6.45) is 0. The van der Waals surface area contributed by atoms with Crippen molar-refractivity contribution in [2.24, 2.45) is 0 Å². The first-order valence-corrected chi connectivity index (χ1v) is 7.26. The highest BCUT2D eigenvalue weighted by Gasteiger charge is 2.14. The van der Waals surface area contributed by atoms with E-state index in [1.165, 1.54) is 7.11 Å². The summed E-state index contributed by atoms with van der Waals surface area (Å²) in [6, 6.07) is 16.4. The Morgan fingerprint density at radius 2 is 1.88 bits per heavy atom. The molecule has 0 bridgehead atoms. The highest BCUT2D eigenvalue weighted by molar-refractivity contribution is 5.82.